The minimum absolute atomic E-state index is 0.205. The number of aryl methyl sites for hydroxylation is 1. The van der Waals surface area contributed by atoms with Crippen molar-refractivity contribution in [2.24, 2.45) is 0 Å². The van der Waals surface area contributed by atoms with Crippen LogP contribution >= 0.6 is 0 Å². The average Bonchev–Trinajstić information content (AvgIpc) is 2.86. The molecule has 2 aromatic rings. The van der Waals surface area contributed by atoms with E-state index in [0.717, 1.165) is 0 Å². The molecule has 0 fully saturated rings. The molecule has 11 heteroatoms. The summed E-state index contributed by atoms with van der Waals surface area (Å²) in [6.45, 7) is 1.20. The van der Waals surface area contributed by atoms with Gasteiger partial charge < -0.3 is 9.63 Å². The van der Waals surface area contributed by atoms with E-state index in [1.165, 1.54) is 6.92 Å². The van der Waals surface area contributed by atoms with Crippen molar-refractivity contribution in [2.75, 3.05) is 0 Å². The summed E-state index contributed by atoms with van der Waals surface area (Å²) in [4.78, 5) is 33.3. The van der Waals surface area contributed by atoms with E-state index in [1.54, 1.807) is 0 Å². The van der Waals surface area contributed by atoms with Gasteiger partial charge in [0.2, 0.25) is 11.5 Å². The second kappa shape index (κ2) is 5.76. The number of nitro benzene ring substituents is 1. The van der Waals surface area contributed by atoms with Crippen molar-refractivity contribution >= 4 is 17.4 Å². The summed E-state index contributed by atoms with van der Waals surface area (Å²) in [7, 11) is 0. The number of carboxylic acid groups (broad SMARTS) is 1. The summed E-state index contributed by atoms with van der Waals surface area (Å²) >= 11 is 0. The van der Waals surface area contributed by atoms with Gasteiger partial charge in [-0.15, -0.1) is 0 Å². The van der Waals surface area contributed by atoms with Crippen LogP contribution in [0.4, 0.5) is 18.9 Å². The highest BCUT2D eigenvalue weighted by Gasteiger charge is 2.35. The molecule has 0 saturated heterocycles. The quantitative estimate of drug-likeness (QED) is 0.514. The number of nitro groups is 1. The van der Waals surface area contributed by atoms with Crippen LogP contribution in [0.2, 0.25) is 0 Å². The Bertz CT molecular complexity index is 856. The minimum Gasteiger partial charge on any atom is -0.476 e. The molecule has 1 aromatic carbocycles. The van der Waals surface area contributed by atoms with Gasteiger partial charge in [-0.2, -0.15) is 13.2 Å². The molecule has 0 atom stereocenters. The number of carbonyl (C=O) groups excluding carboxylic acids is 1. The fraction of sp³-hybridized carbons (Fsp3) is 0.154. The maximum Gasteiger partial charge on any atom is 0.416 e. The highest BCUT2D eigenvalue weighted by Crippen LogP contribution is 2.34. The normalized spacial score (nSPS) is 11.3. The lowest BCUT2D eigenvalue weighted by Crippen LogP contribution is -2.13. The van der Waals surface area contributed by atoms with E-state index in [9.17, 15) is 32.9 Å². The molecule has 24 heavy (non-hydrogen) atoms. The molecule has 0 unspecified atom stereocenters. The van der Waals surface area contributed by atoms with Crippen molar-refractivity contribution in [2.45, 2.75) is 13.1 Å². The Hall–Kier alpha value is -3.24. The zero-order valence-corrected chi connectivity index (χ0v) is 11.7. The monoisotopic (exact) mass is 344 g/mol. The van der Waals surface area contributed by atoms with Crippen LogP contribution in [0.5, 0.6) is 0 Å². The molecule has 1 N–H and O–H groups in total. The van der Waals surface area contributed by atoms with E-state index in [-0.39, 0.29) is 11.8 Å². The number of hydrogen-bond donors (Lipinski definition) is 1. The summed E-state index contributed by atoms with van der Waals surface area (Å²) < 4.78 is 42.6. The zero-order valence-electron chi connectivity index (χ0n) is 11.7. The standard InChI is InChI=1S/C13H7F3N2O6/c1-5-9(10(12(20)21)17-24-5)11(19)7-3-2-6(13(14,15)16)4-8(7)18(22)23/h2-4H,1H3,(H,20,21). The molecule has 0 spiro atoms. The van der Waals surface area contributed by atoms with Crippen molar-refractivity contribution in [1.29, 1.82) is 0 Å². The van der Waals surface area contributed by atoms with Crippen molar-refractivity contribution in [3.63, 3.8) is 0 Å². The number of halogens is 3. The van der Waals surface area contributed by atoms with Gasteiger partial charge in [0, 0.05) is 6.07 Å². The van der Waals surface area contributed by atoms with E-state index in [2.05, 4.69) is 9.68 Å². The maximum atomic E-state index is 12.7. The van der Waals surface area contributed by atoms with Crippen molar-refractivity contribution in [3.05, 3.63) is 56.5 Å². The highest BCUT2D eigenvalue weighted by atomic mass is 19.4. The van der Waals surface area contributed by atoms with Crippen LogP contribution in [0.1, 0.15) is 37.7 Å². The molecule has 2 rings (SSSR count). The predicted molar refractivity (Wildman–Crippen MR) is 69.7 cm³/mol. The molecule has 0 aliphatic carbocycles. The fourth-order valence-corrected chi connectivity index (χ4v) is 1.97. The number of rotatable bonds is 4. The van der Waals surface area contributed by atoms with Crippen LogP contribution in [0.25, 0.3) is 0 Å². The Morgan fingerprint density at radius 1 is 1.33 bits per heavy atom. The Labute approximate surface area is 130 Å². The van der Waals surface area contributed by atoms with Crippen LogP contribution < -0.4 is 0 Å². The molecule has 1 aromatic heterocycles. The first-order valence-electron chi connectivity index (χ1n) is 6.14. The fourth-order valence-electron chi connectivity index (χ4n) is 1.97. The summed E-state index contributed by atoms with van der Waals surface area (Å²) in [5.74, 6) is -3.03. The van der Waals surface area contributed by atoms with Crippen LogP contribution in [0, 0.1) is 17.0 Å². The topological polar surface area (TPSA) is 124 Å². The van der Waals surface area contributed by atoms with Gasteiger partial charge in [-0.25, -0.2) is 4.79 Å². The third-order valence-corrected chi connectivity index (χ3v) is 3.06. The third-order valence-electron chi connectivity index (χ3n) is 3.06. The SMILES string of the molecule is Cc1onc(C(=O)O)c1C(=O)c1ccc(C(F)(F)F)cc1[N+](=O)[O-]. The van der Waals surface area contributed by atoms with Gasteiger partial charge in [-0.3, -0.25) is 14.9 Å². The number of carbonyl (C=O) groups is 2. The Morgan fingerprint density at radius 2 is 1.96 bits per heavy atom. The lowest BCUT2D eigenvalue weighted by molar-refractivity contribution is -0.385. The van der Waals surface area contributed by atoms with Gasteiger partial charge >= 0.3 is 12.1 Å². The predicted octanol–water partition coefficient (Wildman–Crippen LogP) is 2.84. The average molecular weight is 344 g/mol. The number of hydrogen-bond acceptors (Lipinski definition) is 6. The number of ketones is 1. The van der Waals surface area contributed by atoms with E-state index in [0.29, 0.717) is 12.1 Å². The first kappa shape index (κ1) is 17.1. The number of alkyl halides is 3. The first-order valence-corrected chi connectivity index (χ1v) is 6.14. The van der Waals surface area contributed by atoms with Gasteiger partial charge in [-0.05, 0) is 19.1 Å². The molecule has 1 heterocycles. The number of aromatic nitrogens is 1. The van der Waals surface area contributed by atoms with Crippen LogP contribution in [-0.2, 0) is 6.18 Å². The van der Waals surface area contributed by atoms with Gasteiger partial charge in [0.1, 0.15) is 16.9 Å². The van der Waals surface area contributed by atoms with Crippen molar-refractivity contribution in [1.82, 2.24) is 5.16 Å². The zero-order chi connectivity index (χ0) is 18.2. The Balaban J connectivity index is 2.65. The summed E-state index contributed by atoms with van der Waals surface area (Å²) in [6.07, 6.45) is -4.84. The second-order valence-electron chi connectivity index (χ2n) is 4.58. The van der Waals surface area contributed by atoms with Crippen molar-refractivity contribution < 1.29 is 37.3 Å². The first-order chi connectivity index (χ1) is 11.0. The maximum absolute atomic E-state index is 12.7. The van der Waals surface area contributed by atoms with E-state index >= 15 is 0 Å². The highest BCUT2D eigenvalue weighted by molar-refractivity contribution is 6.16. The second-order valence-corrected chi connectivity index (χ2v) is 4.58. The molecule has 126 valence electrons. The van der Waals surface area contributed by atoms with Crippen LogP contribution in [0.15, 0.2) is 22.7 Å². The number of carboxylic acids is 1. The molecule has 8 nitrogen and oxygen atoms in total. The van der Waals surface area contributed by atoms with Gasteiger partial charge in [0.05, 0.1) is 10.5 Å². The molecule has 0 aliphatic heterocycles. The van der Waals surface area contributed by atoms with E-state index < -0.39 is 50.9 Å². The largest absolute Gasteiger partial charge is 0.476 e. The summed E-state index contributed by atoms with van der Waals surface area (Å²) in [5.41, 5.74) is -4.48. The summed E-state index contributed by atoms with van der Waals surface area (Å²) in [5, 5.41) is 23.1. The smallest absolute Gasteiger partial charge is 0.416 e. The Kier molecular flexibility index (Phi) is 4.11. The molecule has 0 saturated carbocycles. The molecule has 0 radical (unpaired) electrons. The molecule has 0 bridgehead atoms. The van der Waals surface area contributed by atoms with Crippen LogP contribution in [-0.4, -0.2) is 26.9 Å². The van der Waals surface area contributed by atoms with Crippen LogP contribution in [0.3, 0.4) is 0 Å². The molecular weight excluding hydrogens is 337 g/mol. The van der Waals surface area contributed by atoms with E-state index in [1.807, 2.05) is 0 Å². The van der Waals surface area contributed by atoms with Crippen molar-refractivity contribution in [3.8, 4) is 0 Å². The van der Waals surface area contributed by atoms with E-state index in [4.69, 9.17) is 5.11 Å². The van der Waals surface area contributed by atoms with Gasteiger partial charge in [-0.1, -0.05) is 5.16 Å². The molecule has 0 aliphatic rings. The lowest BCUT2D eigenvalue weighted by Gasteiger charge is -2.08. The Morgan fingerprint density at radius 3 is 2.46 bits per heavy atom. The number of aromatic carboxylic acids is 1. The molecular formula is C13H7F3N2O6. The third kappa shape index (κ3) is 2.95. The molecule has 0 amide bonds. The number of nitrogens with zero attached hydrogens (tertiary/aromatic N) is 2. The van der Waals surface area contributed by atoms with Gasteiger partial charge in [0.15, 0.2) is 0 Å². The number of benzene rings is 1. The minimum atomic E-state index is -4.84. The summed E-state index contributed by atoms with van der Waals surface area (Å²) in [6, 6.07) is 1.31. The van der Waals surface area contributed by atoms with Gasteiger partial charge in [0.25, 0.3) is 5.69 Å². The lowest BCUT2D eigenvalue weighted by atomic mass is 9.98.